The first-order valence-corrected chi connectivity index (χ1v) is 8.67. The third-order valence-corrected chi connectivity index (χ3v) is 4.38. The average molecular weight is 373 g/mol. The molecule has 3 rings (SSSR count). The Kier molecular flexibility index (Phi) is 5.69. The van der Waals surface area contributed by atoms with Crippen LogP contribution < -0.4 is 10.1 Å². The Hall–Kier alpha value is -2.96. The Morgan fingerprint density at radius 1 is 1.19 bits per heavy atom. The van der Waals surface area contributed by atoms with Crippen molar-refractivity contribution < 1.29 is 18.3 Å². The third-order valence-electron chi connectivity index (χ3n) is 4.38. The normalized spacial score (nSPS) is 12.3. The number of imidazole rings is 1. The van der Waals surface area contributed by atoms with E-state index >= 15 is 0 Å². The van der Waals surface area contributed by atoms with Gasteiger partial charge in [-0.3, -0.25) is 9.36 Å². The van der Waals surface area contributed by atoms with Crippen LogP contribution in [0.3, 0.4) is 0 Å². The number of carbonyl (C=O) groups excluding carboxylic acids is 1. The molecule has 27 heavy (non-hydrogen) atoms. The standard InChI is InChI=1S/C20H21F2N3O2/c1-13(19-24-16-5-3-4-6-17(16)25(19)20(21)22)23-18(26)12-9-14-7-10-15(27-2)11-8-14/h3-8,10-11,13,20H,9,12H2,1-2H3,(H,23,26). The third kappa shape index (κ3) is 4.24. The van der Waals surface area contributed by atoms with E-state index < -0.39 is 12.6 Å². The molecule has 1 atom stereocenters. The number of methoxy groups -OCH3 is 1. The van der Waals surface area contributed by atoms with Crippen LogP contribution in [0.5, 0.6) is 5.75 Å². The fourth-order valence-corrected chi connectivity index (χ4v) is 3.00. The Balaban J connectivity index is 1.67. The van der Waals surface area contributed by atoms with Gasteiger partial charge in [0.1, 0.15) is 11.6 Å². The van der Waals surface area contributed by atoms with E-state index in [0.717, 1.165) is 15.9 Å². The predicted molar refractivity (Wildman–Crippen MR) is 98.9 cm³/mol. The molecule has 1 unspecified atom stereocenters. The average Bonchev–Trinajstić information content (AvgIpc) is 3.07. The number of nitrogens with zero attached hydrogens (tertiary/aromatic N) is 2. The molecule has 2 aromatic carbocycles. The van der Waals surface area contributed by atoms with E-state index in [0.29, 0.717) is 17.5 Å². The molecule has 0 radical (unpaired) electrons. The van der Waals surface area contributed by atoms with Crippen molar-refractivity contribution >= 4 is 16.9 Å². The highest BCUT2D eigenvalue weighted by molar-refractivity contribution is 5.78. The highest BCUT2D eigenvalue weighted by atomic mass is 19.3. The number of halogens is 2. The van der Waals surface area contributed by atoms with Gasteiger partial charge in [0.25, 0.3) is 0 Å². The summed E-state index contributed by atoms with van der Waals surface area (Å²) in [7, 11) is 1.59. The number of hydrogen-bond acceptors (Lipinski definition) is 3. The van der Waals surface area contributed by atoms with Crippen molar-refractivity contribution in [3.8, 4) is 5.75 Å². The summed E-state index contributed by atoms with van der Waals surface area (Å²) in [5.41, 5.74) is 1.83. The van der Waals surface area contributed by atoms with E-state index in [1.165, 1.54) is 0 Å². The van der Waals surface area contributed by atoms with Crippen molar-refractivity contribution in [3.63, 3.8) is 0 Å². The maximum atomic E-state index is 13.5. The number of aromatic nitrogens is 2. The molecule has 1 aromatic heterocycles. The zero-order valence-corrected chi connectivity index (χ0v) is 15.2. The van der Waals surface area contributed by atoms with Gasteiger partial charge in [-0.1, -0.05) is 24.3 Å². The van der Waals surface area contributed by atoms with Gasteiger partial charge in [-0.05, 0) is 43.2 Å². The number of rotatable bonds is 7. The summed E-state index contributed by atoms with van der Waals surface area (Å²) in [5, 5.41) is 2.76. The van der Waals surface area contributed by atoms with Crippen LogP contribution in [0.1, 0.15) is 37.3 Å². The van der Waals surface area contributed by atoms with Gasteiger partial charge in [-0.15, -0.1) is 0 Å². The summed E-state index contributed by atoms with van der Waals surface area (Å²) in [4.78, 5) is 16.5. The molecule has 0 saturated carbocycles. The summed E-state index contributed by atoms with van der Waals surface area (Å²) in [6.45, 7) is -1.07. The minimum atomic E-state index is -2.73. The summed E-state index contributed by atoms with van der Waals surface area (Å²) in [6, 6.07) is 13.5. The second kappa shape index (κ2) is 8.16. The number of alkyl halides is 2. The lowest BCUT2D eigenvalue weighted by Gasteiger charge is -2.16. The number of amides is 1. The zero-order valence-electron chi connectivity index (χ0n) is 15.2. The quantitative estimate of drug-likeness (QED) is 0.674. The van der Waals surface area contributed by atoms with Gasteiger partial charge in [0.2, 0.25) is 5.91 Å². The molecular formula is C20H21F2N3O2. The highest BCUT2D eigenvalue weighted by Crippen LogP contribution is 2.26. The molecule has 0 saturated heterocycles. The Labute approximate surface area is 156 Å². The molecule has 1 N–H and O–H groups in total. The predicted octanol–water partition coefficient (Wildman–Crippen LogP) is 4.25. The van der Waals surface area contributed by atoms with E-state index in [4.69, 9.17) is 4.74 Å². The summed E-state index contributed by atoms with van der Waals surface area (Å²) >= 11 is 0. The van der Waals surface area contributed by atoms with Gasteiger partial charge < -0.3 is 10.1 Å². The summed E-state index contributed by atoms with van der Waals surface area (Å²) < 4.78 is 33.0. The molecule has 7 heteroatoms. The van der Waals surface area contributed by atoms with E-state index in [-0.39, 0.29) is 18.2 Å². The van der Waals surface area contributed by atoms with E-state index in [9.17, 15) is 13.6 Å². The molecule has 1 heterocycles. The molecule has 0 spiro atoms. The van der Waals surface area contributed by atoms with E-state index in [2.05, 4.69) is 10.3 Å². The highest BCUT2D eigenvalue weighted by Gasteiger charge is 2.22. The first kappa shape index (κ1) is 18.8. The molecule has 0 aliphatic rings. The number of benzene rings is 2. The topological polar surface area (TPSA) is 56.1 Å². The van der Waals surface area contributed by atoms with Crippen LogP contribution in [0.15, 0.2) is 48.5 Å². The lowest BCUT2D eigenvalue weighted by molar-refractivity contribution is -0.121. The van der Waals surface area contributed by atoms with Crippen molar-refractivity contribution in [3.05, 3.63) is 59.9 Å². The van der Waals surface area contributed by atoms with Gasteiger partial charge in [0.15, 0.2) is 0 Å². The first-order valence-electron chi connectivity index (χ1n) is 8.67. The van der Waals surface area contributed by atoms with Gasteiger partial charge in [-0.2, -0.15) is 8.78 Å². The fraction of sp³-hybridized carbons (Fsp3) is 0.300. The van der Waals surface area contributed by atoms with E-state index in [1.807, 2.05) is 24.3 Å². The van der Waals surface area contributed by atoms with Crippen LogP contribution in [0.2, 0.25) is 0 Å². The smallest absolute Gasteiger partial charge is 0.320 e. The number of fused-ring (bicyclic) bond motifs is 1. The Morgan fingerprint density at radius 2 is 1.89 bits per heavy atom. The molecule has 0 fully saturated rings. The van der Waals surface area contributed by atoms with Crippen LogP contribution in [-0.4, -0.2) is 22.6 Å². The first-order chi connectivity index (χ1) is 13.0. The molecule has 142 valence electrons. The van der Waals surface area contributed by atoms with Crippen molar-refractivity contribution in [1.82, 2.24) is 14.9 Å². The van der Waals surface area contributed by atoms with Crippen molar-refractivity contribution in [1.29, 1.82) is 0 Å². The Bertz CT molecular complexity index is 923. The molecular weight excluding hydrogens is 352 g/mol. The summed E-state index contributed by atoms with van der Waals surface area (Å²) in [6.07, 6.45) is 0.805. The van der Waals surface area contributed by atoms with Crippen LogP contribution in [-0.2, 0) is 11.2 Å². The number of carbonyl (C=O) groups is 1. The molecule has 0 aliphatic carbocycles. The lowest BCUT2D eigenvalue weighted by Crippen LogP contribution is -2.29. The van der Waals surface area contributed by atoms with Crippen LogP contribution >= 0.6 is 0 Å². The minimum Gasteiger partial charge on any atom is -0.497 e. The number of hydrogen-bond donors (Lipinski definition) is 1. The summed E-state index contributed by atoms with van der Waals surface area (Å²) in [5.74, 6) is 0.679. The monoisotopic (exact) mass is 373 g/mol. The maximum absolute atomic E-state index is 13.5. The van der Waals surface area contributed by atoms with Gasteiger partial charge in [0, 0.05) is 6.42 Å². The largest absolute Gasteiger partial charge is 0.497 e. The van der Waals surface area contributed by atoms with Crippen LogP contribution in [0, 0.1) is 0 Å². The number of nitrogens with one attached hydrogen (secondary N) is 1. The SMILES string of the molecule is COc1ccc(CCC(=O)NC(C)c2nc3ccccc3n2C(F)F)cc1. The molecule has 3 aromatic rings. The van der Waals surface area contributed by atoms with Crippen molar-refractivity contribution in [2.24, 2.45) is 0 Å². The second-order valence-corrected chi connectivity index (χ2v) is 6.24. The zero-order chi connectivity index (χ0) is 19.4. The molecule has 1 amide bonds. The van der Waals surface area contributed by atoms with Gasteiger partial charge >= 0.3 is 6.55 Å². The molecule has 0 bridgehead atoms. The number of para-hydroxylation sites is 2. The maximum Gasteiger partial charge on any atom is 0.320 e. The van der Waals surface area contributed by atoms with Crippen LogP contribution in [0.4, 0.5) is 8.78 Å². The fourth-order valence-electron chi connectivity index (χ4n) is 3.00. The van der Waals surface area contributed by atoms with Gasteiger partial charge in [-0.25, -0.2) is 4.98 Å². The lowest BCUT2D eigenvalue weighted by atomic mass is 10.1. The molecule has 0 aliphatic heterocycles. The van der Waals surface area contributed by atoms with Crippen molar-refractivity contribution in [2.45, 2.75) is 32.4 Å². The molecule has 5 nitrogen and oxygen atoms in total. The second-order valence-electron chi connectivity index (χ2n) is 6.24. The Morgan fingerprint density at radius 3 is 2.56 bits per heavy atom. The van der Waals surface area contributed by atoms with Crippen LogP contribution in [0.25, 0.3) is 11.0 Å². The minimum absolute atomic E-state index is 0.143. The van der Waals surface area contributed by atoms with Crippen molar-refractivity contribution in [2.75, 3.05) is 7.11 Å². The van der Waals surface area contributed by atoms with E-state index in [1.54, 1.807) is 38.3 Å². The van der Waals surface area contributed by atoms with Gasteiger partial charge in [0.05, 0.1) is 24.2 Å². The number of aryl methyl sites for hydroxylation is 1. The number of ether oxygens (including phenoxy) is 1.